The maximum Gasteiger partial charge on any atom is 0.202 e. The zero-order valence-corrected chi connectivity index (χ0v) is 8.74. The number of imidazole rings is 1. The molecule has 3 nitrogen and oxygen atoms in total. The summed E-state index contributed by atoms with van der Waals surface area (Å²) in [5.41, 5.74) is 0.407. The Bertz CT molecular complexity index is 494. The molecule has 1 aromatic carbocycles. The fourth-order valence-electron chi connectivity index (χ4n) is 1.38. The molecule has 0 aliphatic heterocycles. The van der Waals surface area contributed by atoms with Gasteiger partial charge in [-0.2, -0.15) is 0 Å². The molecule has 1 N–H and O–H groups in total. The number of hydrogen-bond donors (Lipinski definition) is 1. The number of halogens is 2. The van der Waals surface area contributed by atoms with Crippen molar-refractivity contribution in [2.75, 3.05) is 5.32 Å². The standard InChI is InChI=1S/C11H11F2N3/c1-16-5-4-14-11(16)15-7-8-2-3-9(12)6-10(8)13/h2-6H,7H2,1H3,(H,14,15). The molecule has 1 aromatic heterocycles. The molecule has 0 aliphatic rings. The van der Waals surface area contributed by atoms with E-state index in [-0.39, 0.29) is 6.54 Å². The molecule has 0 aliphatic carbocycles. The SMILES string of the molecule is Cn1ccnc1NCc1ccc(F)cc1F. The Hall–Kier alpha value is -1.91. The lowest BCUT2D eigenvalue weighted by atomic mass is 10.2. The van der Waals surface area contributed by atoms with Crippen molar-refractivity contribution >= 4 is 5.95 Å². The van der Waals surface area contributed by atoms with Gasteiger partial charge in [0.15, 0.2) is 0 Å². The second-order valence-electron chi connectivity index (χ2n) is 3.45. The van der Waals surface area contributed by atoms with Crippen molar-refractivity contribution in [3.05, 3.63) is 47.8 Å². The average Bonchev–Trinajstić information content (AvgIpc) is 2.63. The Kier molecular flexibility index (Phi) is 2.85. The highest BCUT2D eigenvalue weighted by atomic mass is 19.1. The van der Waals surface area contributed by atoms with Crippen LogP contribution in [0.15, 0.2) is 30.6 Å². The van der Waals surface area contributed by atoms with Gasteiger partial charge in [-0.05, 0) is 6.07 Å². The van der Waals surface area contributed by atoms with Crippen molar-refractivity contribution in [3.8, 4) is 0 Å². The van der Waals surface area contributed by atoms with Crippen LogP contribution in [-0.4, -0.2) is 9.55 Å². The van der Waals surface area contributed by atoms with E-state index >= 15 is 0 Å². The molecular weight excluding hydrogens is 212 g/mol. The van der Waals surface area contributed by atoms with Crippen LogP contribution in [0.1, 0.15) is 5.56 Å². The fraction of sp³-hybridized carbons (Fsp3) is 0.182. The molecule has 16 heavy (non-hydrogen) atoms. The van der Waals surface area contributed by atoms with E-state index in [0.717, 1.165) is 6.07 Å². The van der Waals surface area contributed by atoms with Crippen molar-refractivity contribution in [2.24, 2.45) is 7.05 Å². The quantitative estimate of drug-likeness (QED) is 0.865. The van der Waals surface area contributed by atoms with Gasteiger partial charge in [0.25, 0.3) is 0 Å². The molecule has 2 aromatic rings. The minimum atomic E-state index is -0.571. The summed E-state index contributed by atoms with van der Waals surface area (Å²) in [7, 11) is 1.83. The number of benzene rings is 1. The van der Waals surface area contributed by atoms with Gasteiger partial charge in [-0.1, -0.05) is 6.07 Å². The molecule has 0 bridgehead atoms. The molecule has 2 rings (SSSR count). The van der Waals surface area contributed by atoms with E-state index in [2.05, 4.69) is 10.3 Å². The van der Waals surface area contributed by atoms with Crippen LogP contribution in [0.3, 0.4) is 0 Å². The van der Waals surface area contributed by atoms with Crippen LogP contribution in [0.2, 0.25) is 0 Å². The summed E-state index contributed by atoms with van der Waals surface area (Å²) < 4.78 is 27.7. The Morgan fingerprint density at radius 3 is 2.81 bits per heavy atom. The smallest absolute Gasteiger partial charge is 0.202 e. The number of anilines is 1. The number of aryl methyl sites for hydroxylation is 1. The van der Waals surface area contributed by atoms with E-state index in [1.54, 1.807) is 17.0 Å². The molecule has 84 valence electrons. The van der Waals surface area contributed by atoms with Gasteiger partial charge >= 0.3 is 0 Å². The molecular formula is C11H11F2N3. The second kappa shape index (κ2) is 4.30. The molecule has 1 heterocycles. The Morgan fingerprint density at radius 2 is 2.19 bits per heavy atom. The highest BCUT2D eigenvalue weighted by Gasteiger charge is 2.04. The maximum atomic E-state index is 13.3. The largest absolute Gasteiger partial charge is 0.351 e. The van der Waals surface area contributed by atoms with E-state index in [0.29, 0.717) is 11.5 Å². The van der Waals surface area contributed by atoms with Gasteiger partial charge in [-0.15, -0.1) is 0 Å². The molecule has 0 fully saturated rings. The van der Waals surface area contributed by atoms with Crippen LogP contribution in [0.5, 0.6) is 0 Å². The van der Waals surface area contributed by atoms with Gasteiger partial charge in [0, 0.05) is 37.6 Å². The molecule has 0 saturated carbocycles. The highest BCUT2D eigenvalue weighted by Crippen LogP contribution is 2.11. The van der Waals surface area contributed by atoms with E-state index in [4.69, 9.17) is 0 Å². The van der Waals surface area contributed by atoms with Gasteiger partial charge in [0.05, 0.1) is 0 Å². The minimum absolute atomic E-state index is 0.275. The van der Waals surface area contributed by atoms with E-state index in [9.17, 15) is 8.78 Å². The lowest BCUT2D eigenvalue weighted by molar-refractivity contribution is 0.574. The maximum absolute atomic E-state index is 13.3. The van der Waals surface area contributed by atoms with Crippen LogP contribution in [-0.2, 0) is 13.6 Å². The Balaban J connectivity index is 2.08. The summed E-state index contributed by atoms with van der Waals surface area (Å²) in [5, 5.41) is 2.96. The summed E-state index contributed by atoms with van der Waals surface area (Å²) in [6.45, 7) is 0.275. The molecule has 0 saturated heterocycles. The topological polar surface area (TPSA) is 29.9 Å². The van der Waals surface area contributed by atoms with E-state index < -0.39 is 11.6 Å². The first-order valence-electron chi connectivity index (χ1n) is 4.82. The van der Waals surface area contributed by atoms with Crippen LogP contribution in [0, 0.1) is 11.6 Å². The number of nitrogens with zero attached hydrogens (tertiary/aromatic N) is 2. The van der Waals surface area contributed by atoms with Gasteiger partial charge in [-0.25, -0.2) is 13.8 Å². The van der Waals surface area contributed by atoms with Crippen molar-refractivity contribution in [3.63, 3.8) is 0 Å². The molecule has 0 atom stereocenters. The Morgan fingerprint density at radius 1 is 1.38 bits per heavy atom. The summed E-state index contributed by atoms with van der Waals surface area (Å²) in [5.74, 6) is -0.483. The first kappa shape index (κ1) is 10.6. The normalized spacial score (nSPS) is 10.4. The van der Waals surface area contributed by atoms with Crippen molar-refractivity contribution in [1.82, 2.24) is 9.55 Å². The zero-order valence-electron chi connectivity index (χ0n) is 8.74. The molecule has 5 heteroatoms. The number of nitrogens with one attached hydrogen (secondary N) is 1. The van der Waals surface area contributed by atoms with Crippen molar-refractivity contribution in [1.29, 1.82) is 0 Å². The molecule has 0 unspecified atom stereocenters. The van der Waals surface area contributed by atoms with Crippen molar-refractivity contribution in [2.45, 2.75) is 6.54 Å². The summed E-state index contributed by atoms with van der Waals surface area (Å²) >= 11 is 0. The lowest BCUT2D eigenvalue weighted by Gasteiger charge is -2.06. The lowest BCUT2D eigenvalue weighted by Crippen LogP contribution is -2.06. The predicted molar refractivity (Wildman–Crippen MR) is 56.9 cm³/mol. The monoisotopic (exact) mass is 223 g/mol. The minimum Gasteiger partial charge on any atom is -0.351 e. The second-order valence-corrected chi connectivity index (χ2v) is 3.45. The van der Waals surface area contributed by atoms with Crippen LogP contribution in [0.4, 0.5) is 14.7 Å². The molecule has 0 amide bonds. The van der Waals surface area contributed by atoms with Crippen LogP contribution >= 0.6 is 0 Å². The van der Waals surface area contributed by atoms with E-state index in [1.165, 1.54) is 12.1 Å². The molecule has 0 radical (unpaired) electrons. The summed E-state index contributed by atoms with van der Waals surface area (Å²) in [4.78, 5) is 4.03. The van der Waals surface area contributed by atoms with Crippen LogP contribution < -0.4 is 5.32 Å². The van der Waals surface area contributed by atoms with Gasteiger partial charge in [0.1, 0.15) is 11.6 Å². The molecule has 0 spiro atoms. The third-order valence-electron chi connectivity index (χ3n) is 2.27. The number of aromatic nitrogens is 2. The van der Waals surface area contributed by atoms with Gasteiger partial charge in [-0.3, -0.25) is 0 Å². The average molecular weight is 223 g/mol. The Labute approximate surface area is 91.7 Å². The van der Waals surface area contributed by atoms with Gasteiger partial charge in [0.2, 0.25) is 5.95 Å². The summed E-state index contributed by atoms with van der Waals surface area (Å²) in [6.07, 6.45) is 3.42. The third kappa shape index (κ3) is 2.18. The highest BCUT2D eigenvalue weighted by molar-refractivity contribution is 5.29. The zero-order chi connectivity index (χ0) is 11.5. The first-order chi connectivity index (χ1) is 7.66. The fourth-order valence-corrected chi connectivity index (χ4v) is 1.38. The third-order valence-corrected chi connectivity index (χ3v) is 2.27. The first-order valence-corrected chi connectivity index (χ1v) is 4.82. The van der Waals surface area contributed by atoms with Crippen LogP contribution in [0.25, 0.3) is 0 Å². The predicted octanol–water partition coefficient (Wildman–Crippen LogP) is 2.31. The number of hydrogen-bond acceptors (Lipinski definition) is 2. The van der Waals surface area contributed by atoms with E-state index in [1.807, 2.05) is 7.05 Å². The summed E-state index contributed by atoms with van der Waals surface area (Å²) in [6, 6.07) is 3.52. The van der Waals surface area contributed by atoms with Gasteiger partial charge < -0.3 is 9.88 Å². The van der Waals surface area contributed by atoms with Crippen molar-refractivity contribution < 1.29 is 8.78 Å². The number of rotatable bonds is 3.